The molecule has 1 amide bonds. The number of benzene rings is 2. The summed E-state index contributed by atoms with van der Waals surface area (Å²) in [5, 5.41) is 13.2. The monoisotopic (exact) mass is 310 g/mol. The van der Waals surface area contributed by atoms with Gasteiger partial charge in [0.05, 0.1) is 18.6 Å². The van der Waals surface area contributed by atoms with Crippen LogP contribution in [0.25, 0.3) is 0 Å². The first-order chi connectivity index (χ1) is 11.1. The van der Waals surface area contributed by atoms with Gasteiger partial charge in [-0.2, -0.15) is 0 Å². The average molecular weight is 310 g/mol. The van der Waals surface area contributed by atoms with E-state index in [1.165, 1.54) is 24.3 Å². The lowest BCUT2D eigenvalue weighted by atomic mass is 10.2. The molecule has 0 aliphatic heterocycles. The topological polar surface area (TPSA) is 81.5 Å². The Morgan fingerprint density at radius 2 is 1.83 bits per heavy atom. The largest absolute Gasteiger partial charge is 0.497 e. The van der Waals surface area contributed by atoms with Crippen LogP contribution in [-0.2, 0) is 0 Å². The highest BCUT2D eigenvalue weighted by Gasteiger charge is 2.08. The highest BCUT2D eigenvalue weighted by Crippen LogP contribution is 2.12. The Balaban J connectivity index is 1.89. The molecule has 23 heavy (non-hydrogen) atoms. The molecule has 0 radical (unpaired) electrons. The van der Waals surface area contributed by atoms with Crippen LogP contribution in [0.2, 0.25) is 0 Å². The van der Waals surface area contributed by atoms with Crippen LogP contribution in [0.5, 0.6) is 5.75 Å². The third kappa shape index (κ3) is 4.58. The molecule has 6 heteroatoms. The molecule has 0 heterocycles. The molecule has 6 nitrogen and oxygen atoms in total. The van der Waals surface area contributed by atoms with Crippen LogP contribution in [0.4, 0.5) is 5.69 Å². The van der Waals surface area contributed by atoms with Crippen LogP contribution in [0.1, 0.15) is 15.9 Å². The van der Waals surface area contributed by atoms with E-state index in [1.54, 1.807) is 19.2 Å². The van der Waals surface area contributed by atoms with Crippen molar-refractivity contribution in [3.63, 3.8) is 0 Å². The summed E-state index contributed by atoms with van der Waals surface area (Å²) in [6.45, 7) is 0.182. The molecule has 0 fully saturated rings. The summed E-state index contributed by atoms with van der Waals surface area (Å²) in [4.78, 5) is 21.9. The molecule has 0 saturated carbocycles. The first-order valence-corrected chi connectivity index (χ1v) is 6.76. The van der Waals surface area contributed by atoms with Crippen molar-refractivity contribution in [2.45, 2.75) is 0 Å². The number of nitrogens with zero attached hydrogens (tertiary/aromatic N) is 1. The molecule has 0 unspecified atom stereocenters. The first kappa shape index (κ1) is 16.0. The van der Waals surface area contributed by atoms with Crippen molar-refractivity contribution in [2.75, 3.05) is 13.7 Å². The molecule has 0 bridgehead atoms. The lowest BCUT2D eigenvalue weighted by Crippen LogP contribution is -2.23. The van der Waals surface area contributed by atoms with Gasteiger partial charge in [-0.15, -0.1) is 0 Å². The quantitative estimate of drug-likeness (QED) is 0.534. The summed E-state index contributed by atoms with van der Waals surface area (Å²) in [7, 11) is 1.59. The summed E-state index contributed by atoms with van der Waals surface area (Å²) >= 11 is 0. The van der Waals surface area contributed by atoms with Crippen molar-refractivity contribution < 1.29 is 14.5 Å². The molecule has 0 aliphatic rings. The van der Waals surface area contributed by atoms with Gasteiger partial charge in [-0.25, -0.2) is 0 Å². The van der Waals surface area contributed by atoms with Crippen LogP contribution in [-0.4, -0.2) is 24.5 Å². The number of carbonyl (C=O) groups is 1. The van der Waals surface area contributed by atoms with Crippen molar-refractivity contribution in [1.29, 1.82) is 0 Å². The van der Waals surface area contributed by atoms with E-state index >= 15 is 0 Å². The smallest absolute Gasteiger partial charge is 0.269 e. The van der Waals surface area contributed by atoms with E-state index in [4.69, 9.17) is 4.74 Å². The fourth-order valence-corrected chi connectivity index (χ4v) is 1.78. The standard InChI is InChI=1S/C17H14N2O4/c1-23-16-10-4-13(5-11-16)3-2-12-18-17(20)14-6-8-15(9-7-14)19(21)22/h4-11H,12H2,1H3,(H,18,20). The first-order valence-electron chi connectivity index (χ1n) is 6.76. The normalized spacial score (nSPS) is 9.43. The number of nitro groups is 1. The Kier molecular flexibility index (Phi) is 5.31. The summed E-state index contributed by atoms with van der Waals surface area (Å²) in [6, 6.07) is 12.7. The van der Waals surface area contributed by atoms with Crippen LogP contribution >= 0.6 is 0 Å². The molecular formula is C17H14N2O4. The van der Waals surface area contributed by atoms with E-state index in [0.717, 1.165) is 11.3 Å². The zero-order valence-corrected chi connectivity index (χ0v) is 12.4. The van der Waals surface area contributed by atoms with E-state index in [2.05, 4.69) is 17.2 Å². The SMILES string of the molecule is COc1ccc(C#CCNC(=O)c2ccc([N+](=O)[O-])cc2)cc1. The summed E-state index contributed by atoms with van der Waals surface area (Å²) < 4.78 is 5.05. The molecule has 0 aliphatic carbocycles. The van der Waals surface area contributed by atoms with Crippen molar-refractivity contribution >= 4 is 11.6 Å². The number of methoxy groups -OCH3 is 1. The molecule has 0 aromatic heterocycles. The van der Waals surface area contributed by atoms with Gasteiger partial charge >= 0.3 is 0 Å². The van der Waals surface area contributed by atoms with Crippen LogP contribution in [0.15, 0.2) is 48.5 Å². The van der Waals surface area contributed by atoms with Crippen LogP contribution < -0.4 is 10.1 Å². The fraction of sp³-hybridized carbons (Fsp3) is 0.118. The second kappa shape index (κ2) is 7.61. The maximum atomic E-state index is 11.9. The van der Waals surface area contributed by atoms with E-state index in [-0.39, 0.29) is 18.1 Å². The number of ether oxygens (including phenoxy) is 1. The van der Waals surface area contributed by atoms with Gasteiger partial charge in [0.15, 0.2) is 0 Å². The van der Waals surface area contributed by atoms with Gasteiger partial charge in [0.2, 0.25) is 0 Å². The predicted octanol–water partition coefficient (Wildman–Crippen LogP) is 2.38. The summed E-state index contributed by atoms with van der Waals surface area (Å²) in [5.74, 6) is 6.18. The molecule has 0 atom stereocenters. The average Bonchev–Trinajstić information content (AvgIpc) is 2.59. The number of nitro benzene ring substituents is 1. The van der Waals surface area contributed by atoms with Gasteiger partial charge in [0.1, 0.15) is 5.75 Å². The van der Waals surface area contributed by atoms with E-state index in [9.17, 15) is 14.9 Å². The third-order valence-corrected chi connectivity index (χ3v) is 3.00. The van der Waals surface area contributed by atoms with Gasteiger partial charge in [-0.3, -0.25) is 14.9 Å². The Morgan fingerprint density at radius 1 is 1.17 bits per heavy atom. The predicted molar refractivity (Wildman–Crippen MR) is 85.3 cm³/mol. The summed E-state index contributed by atoms with van der Waals surface area (Å²) in [6.07, 6.45) is 0. The van der Waals surface area contributed by atoms with Gasteiger partial charge in [0, 0.05) is 23.3 Å². The molecule has 2 aromatic rings. The molecule has 1 N–H and O–H groups in total. The fourth-order valence-electron chi connectivity index (χ4n) is 1.78. The Hall–Kier alpha value is -3.33. The number of nitrogens with one attached hydrogen (secondary N) is 1. The minimum absolute atomic E-state index is 0.0548. The Labute approximate surface area is 133 Å². The third-order valence-electron chi connectivity index (χ3n) is 3.00. The minimum Gasteiger partial charge on any atom is -0.497 e. The summed E-state index contributed by atoms with van der Waals surface area (Å²) in [5.41, 5.74) is 1.11. The second-order valence-electron chi connectivity index (χ2n) is 4.52. The zero-order valence-electron chi connectivity index (χ0n) is 12.4. The van der Waals surface area contributed by atoms with Crippen molar-refractivity contribution in [2.24, 2.45) is 0 Å². The number of non-ortho nitro benzene ring substituents is 1. The molecule has 0 spiro atoms. The van der Waals surface area contributed by atoms with Crippen LogP contribution in [0, 0.1) is 22.0 Å². The molecule has 116 valence electrons. The number of carbonyl (C=O) groups excluding carboxylic acids is 1. The molecule has 0 saturated heterocycles. The van der Waals surface area contributed by atoms with Gasteiger partial charge in [-0.1, -0.05) is 11.8 Å². The highest BCUT2D eigenvalue weighted by atomic mass is 16.6. The zero-order chi connectivity index (χ0) is 16.7. The number of hydrogen-bond donors (Lipinski definition) is 1. The number of amides is 1. The second-order valence-corrected chi connectivity index (χ2v) is 4.52. The van der Waals surface area contributed by atoms with E-state index in [1.807, 2.05) is 12.1 Å². The lowest BCUT2D eigenvalue weighted by Gasteiger charge is -2.01. The Bertz CT molecular complexity index is 756. The minimum atomic E-state index is -0.512. The molecular weight excluding hydrogens is 296 g/mol. The number of rotatable bonds is 4. The van der Waals surface area contributed by atoms with Gasteiger partial charge in [0.25, 0.3) is 11.6 Å². The van der Waals surface area contributed by atoms with E-state index in [0.29, 0.717) is 5.56 Å². The molecule has 2 aromatic carbocycles. The highest BCUT2D eigenvalue weighted by molar-refractivity contribution is 5.94. The van der Waals surface area contributed by atoms with Gasteiger partial charge < -0.3 is 10.1 Å². The van der Waals surface area contributed by atoms with Gasteiger partial charge in [-0.05, 0) is 36.4 Å². The van der Waals surface area contributed by atoms with Crippen LogP contribution in [0.3, 0.4) is 0 Å². The maximum Gasteiger partial charge on any atom is 0.269 e. The Morgan fingerprint density at radius 3 is 2.39 bits per heavy atom. The van der Waals surface area contributed by atoms with Crippen molar-refractivity contribution in [3.05, 3.63) is 69.8 Å². The number of hydrogen-bond acceptors (Lipinski definition) is 4. The lowest BCUT2D eigenvalue weighted by molar-refractivity contribution is -0.384. The van der Waals surface area contributed by atoms with Crippen molar-refractivity contribution in [3.8, 4) is 17.6 Å². The van der Waals surface area contributed by atoms with Crippen molar-refractivity contribution in [1.82, 2.24) is 5.32 Å². The molecule has 2 rings (SSSR count). The van der Waals surface area contributed by atoms with E-state index < -0.39 is 4.92 Å². The maximum absolute atomic E-state index is 11.9.